The molecule has 1 aliphatic rings. The lowest BCUT2D eigenvalue weighted by molar-refractivity contribution is 0.0664. The number of fused-ring (bicyclic) bond motifs is 1. The molecule has 1 aromatic heterocycles. The second-order valence-electron chi connectivity index (χ2n) is 4.73. The highest BCUT2D eigenvalue weighted by atomic mass is 32.2. The summed E-state index contributed by atoms with van der Waals surface area (Å²) < 4.78 is 16.9. The van der Waals surface area contributed by atoms with Crippen LogP contribution in [0.15, 0.2) is 47.3 Å². The number of rotatable bonds is 5. The van der Waals surface area contributed by atoms with E-state index in [0.717, 1.165) is 10.5 Å². The molecule has 3 rings (SSSR count). The number of hydrogen-bond acceptors (Lipinski definition) is 4. The Kier molecular flexibility index (Phi) is 3.70. The molecule has 0 aliphatic carbocycles. The Morgan fingerprint density at radius 2 is 1.71 bits per heavy atom. The second-order valence-corrected chi connectivity index (χ2v) is 6.30. The van der Waals surface area contributed by atoms with E-state index in [1.807, 2.05) is 0 Å². The van der Waals surface area contributed by atoms with E-state index in [4.69, 9.17) is 4.42 Å². The minimum Gasteiger partial charge on any atom is -0.472 e. The van der Waals surface area contributed by atoms with Crippen LogP contribution in [0.5, 0.6) is 0 Å². The summed E-state index contributed by atoms with van der Waals surface area (Å²) in [5, 5.41) is 0. The fourth-order valence-corrected chi connectivity index (χ4v) is 3.33. The number of carbonyl (C=O) groups excluding carboxylic acids is 2. The molecule has 21 heavy (non-hydrogen) atoms. The first-order chi connectivity index (χ1) is 10.2. The molecule has 6 heteroatoms. The number of amides is 2. The first kappa shape index (κ1) is 13.8. The number of furan rings is 1. The quantitative estimate of drug-likeness (QED) is 0.790. The Hall–Kier alpha value is -2.21. The zero-order valence-electron chi connectivity index (χ0n) is 11.2. The van der Waals surface area contributed by atoms with E-state index in [0.29, 0.717) is 16.9 Å². The average molecular weight is 303 g/mol. The number of nitrogens with zero attached hydrogens (tertiary/aromatic N) is 1. The standard InChI is InChI=1S/C15H13NO4S/c17-14-12-3-1-2-4-13(12)15(18)16(14)6-8-21(19)10-11-5-7-20-9-11/h1-5,7,9H,6,8,10H2. The predicted octanol–water partition coefficient (Wildman–Crippen LogP) is 1.82. The van der Waals surface area contributed by atoms with E-state index in [9.17, 15) is 13.8 Å². The normalized spacial score (nSPS) is 15.3. The van der Waals surface area contributed by atoms with E-state index in [2.05, 4.69) is 0 Å². The lowest BCUT2D eigenvalue weighted by Gasteiger charge is -2.13. The van der Waals surface area contributed by atoms with E-state index < -0.39 is 10.8 Å². The molecule has 5 nitrogen and oxygen atoms in total. The van der Waals surface area contributed by atoms with Gasteiger partial charge in [0.25, 0.3) is 11.8 Å². The van der Waals surface area contributed by atoms with Crippen LogP contribution in [0.4, 0.5) is 0 Å². The third-order valence-electron chi connectivity index (χ3n) is 3.33. The van der Waals surface area contributed by atoms with Crippen molar-refractivity contribution in [3.63, 3.8) is 0 Å². The van der Waals surface area contributed by atoms with Crippen LogP contribution in [0.1, 0.15) is 26.3 Å². The van der Waals surface area contributed by atoms with Crippen molar-refractivity contribution in [3.8, 4) is 0 Å². The molecule has 1 unspecified atom stereocenters. The van der Waals surface area contributed by atoms with Gasteiger partial charge < -0.3 is 4.42 Å². The van der Waals surface area contributed by atoms with Gasteiger partial charge in [0, 0.05) is 28.7 Å². The maximum atomic E-state index is 12.1. The van der Waals surface area contributed by atoms with Crippen molar-refractivity contribution < 1.29 is 18.2 Å². The first-order valence-corrected chi connectivity index (χ1v) is 7.97. The molecule has 2 heterocycles. The predicted molar refractivity (Wildman–Crippen MR) is 77.2 cm³/mol. The third kappa shape index (κ3) is 2.67. The van der Waals surface area contributed by atoms with Crippen LogP contribution in [0.25, 0.3) is 0 Å². The van der Waals surface area contributed by atoms with Gasteiger partial charge in [-0.05, 0) is 18.2 Å². The molecule has 0 bridgehead atoms. The maximum absolute atomic E-state index is 12.1. The SMILES string of the molecule is O=C1c2ccccc2C(=O)N1CCS(=O)Cc1ccoc1. The lowest BCUT2D eigenvalue weighted by atomic mass is 10.1. The Labute approximate surface area is 124 Å². The molecule has 0 spiro atoms. The Bertz CT molecular complexity index is 673. The molecule has 0 saturated carbocycles. The lowest BCUT2D eigenvalue weighted by Crippen LogP contribution is -2.33. The van der Waals surface area contributed by atoms with Crippen molar-refractivity contribution in [2.45, 2.75) is 5.75 Å². The van der Waals surface area contributed by atoms with Crippen LogP contribution >= 0.6 is 0 Å². The van der Waals surface area contributed by atoms with Gasteiger partial charge in [0.1, 0.15) is 0 Å². The summed E-state index contributed by atoms with van der Waals surface area (Å²) in [4.78, 5) is 25.4. The van der Waals surface area contributed by atoms with Crippen molar-refractivity contribution >= 4 is 22.6 Å². The summed E-state index contributed by atoms with van der Waals surface area (Å²) in [6.45, 7) is 0.164. The number of carbonyl (C=O) groups is 2. The Morgan fingerprint density at radius 1 is 1.05 bits per heavy atom. The summed E-state index contributed by atoms with van der Waals surface area (Å²) in [5.74, 6) is 0.00266. The summed E-state index contributed by atoms with van der Waals surface area (Å²) in [7, 11) is -1.15. The number of hydrogen-bond donors (Lipinski definition) is 0. The Morgan fingerprint density at radius 3 is 2.29 bits per heavy atom. The highest BCUT2D eigenvalue weighted by Gasteiger charge is 2.34. The first-order valence-electron chi connectivity index (χ1n) is 6.48. The fourth-order valence-electron chi connectivity index (χ4n) is 2.27. The molecule has 1 aliphatic heterocycles. The maximum Gasteiger partial charge on any atom is 0.261 e. The van der Waals surface area contributed by atoms with Crippen LogP contribution in [-0.4, -0.2) is 33.2 Å². The van der Waals surface area contributed by atoms with Crippen molar-refractivity contribution in [1.82, 2.24) is 4.90 Å². The fraction of sp³-hybridized carbons (Fsp3) is 0.200. The molecular formula is C15H13NO4S. The Balaban J connectivity index is 1.63. The van der Waals surface area contributed by atoms with Crippen molar-refractivity contribution in [1.29, 1.82) is 0 Å². The molecule has 1 aromatic carbocycles. The van der Waals surface area contributed by atoms with Gasteiger partial charge in [0.15, 0.2) is 0 Å². The zero-order chi connectivity index (χ0) is 14.8. The van der Waals surface area contributed by atoms with Crippen molar-refractivity contribution in [2.24, 2.45) is 0 Å². The van der Waals surface area contributed by atoms with Crippen LogP contribution in [0.3, 0.4) is 0 Å². The number of benzene rings is 1. The van der Waals surface area contributed by atoms with Gasteiger partial charge in [-0.3, -0.25) is 18.7 Å². The number of imide groups is 1. The second kappa shape index (κ2) is 5.65. The molecule has 0 N–H and O–H groups in total. The highest BCUT2D eigenvalue weighted by molar-refractivity contribution is 7.84. The van der Waals surface area contributed by atoms with Crippen LogP contribution in [0, 0.1) is 0 Å². The van der Waals surface area contributed by atoms with Crippen LogP contribution in [0.2, 0.25) is 0 Å². The molecular weight excluding hydrogens is 290 g/mol. The summed E-state index contributed by atoms with van der Waals surface area (Å²) in [6, 6.07) is 8.48. The summed E-state index contributed by atoms with van der Waals surface area (Å²) in [6.07, 6.45) is 3.07. The van der Waals surface area contributed by atoms with Gasteiger partial charge in [-0.1, -0.05) is 12.1 Å². The smallest absolute Gasteiger partial charge is 0.261 e. The van der Waals surface area contributed by atoms with E-state index in [1.54, 1.807) is 36.6 Å². The largest absolute Gasteiger partial charge is 0.472 e. The van der Waals surface area contributed by atoms with Crippen LogP contribution < -0.4 is 0 Å². The minimum absolute atomic E-state index is 0.164. The molecule has 0 fully saturated rings. The van der Waals surface area contributed by atoms with E-state index in [-0.39, 0.29) is 24.1 Å². The summed E-state index contributed by atoms with van der Waals surface area (Å²) >= 11 is 0. The highest BCUT2D eigenvalue weighted by Crippen LogP contribution is 2.22. The zero-order valence-corrected chi connectivity index (χ0v) is 12.0. The molecule has 1 atom stereocenters. The van der Waals surface area contributed by atoms with Gasteiger partial charge in [0.05, 0.1) is 29.4 Å². The molecule has 0 radical (unpaired) electrons. The van der Waals surface area contributed by atoms with Crippen molar-refractivity contribution in [3.05, 3.63) is 59.5 Å². The van der Waals surface area contributed by atoms with Crippen LogP contribution in [-0.2, 0) is 16.6 Å². The van der Waals surface area contributed by atoms with Gasteiger partial charge in [-0.2, -0.15) is 0 Å². The molecule has 2 aromatic rings. The molecule has 2 amide bonds. The average Bonchev–Trinajstić information content (AvgIpc) is 3.07. The van der Waals surface area contributed by atoms with Gasteiger partial charge >= 0.3 is 0 Å². The third-order valence-corrected chi connectivity index (χ3v) is 4.62. The van der Waals surface area contributed by atoms with E-state index in [1.165, 1.54) is 6.26 Å². The van der Waals surface area contributed by atoms with E-state index >= 15 is 0 Å². The van der Waals surface area contributed by atoms with Crippen molar-refractivity contribution in [2.75, 3.05) is 12.3 Å². The van der Waals surface area contributed by atoms with Gasteiger partial charge in [-0.15, -0.1) is 0 Å². The van der Waals surface area contributed by atoms with Gasteiger partial charge in [-0.25, -0.2) is 0 Å². The monoisotopic (exact) mass is 303 g/mol. The van der Waals surface area contributed by atoms with Gasteiger partial charge in [0.2, 0.25) is 0 Å². The molecule has 108 valence electrons. The minimum atomic E-state index is -1.15. The molecule has 0 saturated heterocycles. The summed E-state index contributed by atoms with van der Waals surface area (Å²) in [5.41, 5.74) is 1.68. The topological polar surface area (TPSA) is 67.6 Å².